The van der Waals surface area contributed by atoms with Gasteiger partial charge in [0, 0.05) is 6.07 Å². The molecule has 1 N–H and O–H groups in total. The Morgan fingerprint density at radius 1 is 1.07 bits per heavy atom. The van der Waals surface area contributed by atoms with Crippen LogP contribution >= 0.6 is 11.6 Å². The van der Waals surface area contributed by atoms with Gasteiger partial charge >= 0.3 is 0 Å². The lowest BCUT2D eigenvalue weighted by molar-refractivity contribution is -0.123. The highest BCUT2D eigenvalue weighted by Crippen LogP contribution is 2.33. The minimum Gasteiger partial charge on any atom is -0.322 e. The zero-order chi connectivity index (χ0) is 21.6. The fourth-order valence-corrected chi connectivity index (χ4v) is 3.33. The third kappa shape index (κ3) is 3.36. The van der Waals surface area contributed by atoms with Crippen LogP contribution in [0.15, 0.2) is 46.7 Å². The van der Waals surface area contributed by atoms with Gasteiger partial charge in [-0.1, -0.05) is 16.8 Å². The molecule has 0 saturated carbocycles. The highest BCUT2D eigenvalue weighted by Gasteiger charge is 2.55. The summed E-state index contributed by atoms with van der Waals surface area (Å²) < 4.78 is 40.1. The molecule has 154 valence electrons. The number of rotatable bonds is 4. The highest BCUT2D eigenvalue weighted by molar-refractivity contribution is 6.32. The number of nitrogens with zero attached hydrogens (tertiary/aromatic N) is 4. The Labute approximate surface area is 171 Å². The molecule has 12 heteroatoms. The summed E-state index contributed by atoms with van der Waals surface area (Å²) in [6.45, 7) is -0.515. The van der Waals surface area contributed by atoms with E-state index < -0.39 is 53.8 Å². The Balaban J connectivity index is 1.50. The van der Waals surface area contributed by atoms with Gasteiger partial charge < -0.3 is 5.32 Å². The first-order chi connectivity index (χ1) is 14.3. The maximum atomic E-state index is 13.7. The number of benzene rings is 2. The first-order valence-corrected chi connectivity index (χ1v) is 8.89. The molecule has 1 fully saturated rings. The van der Waals surface area contributed by atoms with E-state index in [4.69, 9.17) is 11.6 Å². The molecule has 3 amide bonds. The topological polar surface area (TPSA) is 94.4 Å². The third-order valence-electron chi connectivity index (χ3n) is 4.53. The van der Waals surface area contributed by atoms with Gasteiger partial charge in [0.1, 0.15) is 24.0 Å². The summed E-state index contributed by atoms with van der Waals surface area (Å²) in [7, 11) is 0. The van der Waals surface area contributed by atoms with Gasteiger partial charge in [-0.05, 0) is 30.3 Å². The van der Waals surface area contributed by atoms with Gasteiger partial charge in [0.25, 0.3) is 11.8 Å². The summed E-state index contributed by atoms with van der Waals surface area (Å²) in [5.74, 6) is -4.69. The van der Waals surface area contributed by atoms with E-state index in [0.717, 1.165) is 34.2 Å². The minimum atomic E-state index is -1.19. The van der Waals surface area contributed by atoms with Crippen molar-refractivity contribution in [3.8, 4) is 0 Å². The molecule has 8 nitrogen and oxygen atoms in total. The minimum absolute atomic E-state index is 0.0544. The summed E-state index contributed by atoms with van der Waals surface area (Å²) in [4.78, 5) is 38.4. The number of imide groups is 1. The van der Waals surface area contributed by atoms with Crippen molar-refractivity contribution in [2.45, 2.75) is 12.1 Å². The normalized spacial score (nSPS) is 20.1. The first kappa shape index (κ1) is 19.8. The van der Waals surface area contributed by atoms with E-state index in [1.165, 1.54) is 6.07 Å². The average Bonchev–Trinajstić information content (AvgIpc) is 3.20. The number of carbonyl (C=O) groups excluding carboxylic acids is 3. The summed E-state index contributed by atoms with van der Waals surface area (Å²) >= 11 is 5.72. The van der Waals surface area contributed by atoms with Crippen molar-refractivity contribution in [2.75, 3.05) is 16.8 Å². The predicted octanol–water partition coefficient (Wildman–Crippen LogP) is 2.69. The standard InChI is InChI=1S/C18H11ClF3N5O3/c19-10-6-9(2-3-11(10)21)27-17(29)15-16(18(27)30)26(25-24-15)7-14(28)23-13-4-1-8(20)5-12(13)22/h1-6,15-16H,7H2,(H,23,28)/t15-,16+/m1/s1. The average molecular weight is 438 g/mol. The second-order valence-corrected chi connectivity index (χ2v) is 6.88. The van der Waals surface area contributed by atoms with Crippen LogP contribution in [0, 0.1) is 17.5 Å². The third-order valence-corrected chi connectivity index (χ3v) is 4.82. The summed E-state index contributed by atoms with van der Waals surface area (Å²) in [6, 6.07) is 3.59. The molecule has 2 aliphatic heterocycles. The Morgan fingerprint density at radius 2 is 1.83 bits per heavy atom. The molecule has 0 aliphatic carbocycles. The smallest absolute Gasteiger partial charge is 0.263 e. The molecule has 0 unspecified atom stereocenters. The maximum absolute atomic E-state index is 13.7. The molecule has 0 aromatic heterocycles. The maximum Gasteiger partial charge on any atom is 0.263 e. The molecule has 0 spiro atoms. The Kier molecular flexibility index (Phi) is 4.90. The molecule has 1 saturated heterocycles. The number of fused-ring (bicyclic) bond motifs is 1. The summed E-state index contributed by atoms with van der Waals surface area (Å²) in [5.41, 5.74) is -0.204. The molecule has 4 rings (SSSR count). The molecule has 2 aromatic rings. The number of hydrogen-bond acceptors (Lipinski definition) is 6. The number of halogens is 4. The fourth-order valence-electron chi connectivity index (χ4n) is 3.16. The van der Waals surface area contributed by atoms with Gasteiger partial charge in [0.15, 0.2) is 12.1 Å². The van der Waals surface area contributed by atoms with Crippen molar-refractivity contribution in [1.29, 1.82) is 0 Å². The van der Waals surface area contributed by atoms with E-state index in [9.17, 15) is 27.6 Å². The van der Waals surface area contributed by atoms with Crippen molar-refractivity contribution in [3.63, 3.8) is 0 Å². The molecule has 0 radical (unpaired) electrons. The van der Waals surface area contributed by atoms with Gasteiger partial charge in [-0.15, -0.1) is 0 Å². The van der Waals surface area contributed by atoms with Crippen molar-refractivity contribution in [3.05, 3.63) is 58.9 Å². The second-order valence-electron chi connectivity index (χ2n) is 6.47. The Morgan fingerprint density at radius 3 is 2.53 bits per heavy atom. The summed E-state index contributed by atoms with van der Waals surface area (Å²) in [6.07, 6.45) is 0. The highest BCUT2D eigenvalue weighted by atomic mass is 35.5. The van der Waals surface area contributed by atoms with E-state index in [0.29, 0.717) is 6.07 Å². The monoisotopic (exact) mass is 437 g/mol. The van der Waals surface area contributed by atoms with E-state index in [-0.39, 0.29) is 16.4 Å². The quantitative estimate of drug-likeness (QED) is 0.744. The number of amides is 3. The first-order valence-electron chi connectivity index (χ1n) is 8.51. The van der Waals surface area contributed by atoms with Gasteiger partial charge in [-0.2, -0.15) is 5.11 Å². The SMILES string of the molecule is O=C(CN1N=N[C@H]2C(=O)N(c3ccc(F)c(Cl)c3)C(=O)[C@H]21)Nc1ccc(F)cc1F. The molecule has 2 atom stereocenters. The van der Waals surface area contributed by atoms with Crippen LogP contribution in [0.3, 0.4) is 0 Å². The van der Waals surface area contributed by atoms with Crippen LogP contribution in [0.5, 0.6) is 0 Å². The van der Waals surface area contributed by atoms with Crippen molar-refractivity contribution < 1.29 is 27.6 Å². The number of carbonyl (C=O) groups is 3. The molecular formula is C18H11ClF3N5O3. The molecule has 2 aliphatic rings. The zero-order valence-corrected chi connectivity index (χ0v) is 15.6. The van der Waals surface area contributed by atoms with Crippen LogP contribution < -0.4 is 10.2 Å². The lowest BCUT2D eigenvalue weighted by Gasteiger charge is -2.20. The summed E-state index contributed by atoms with van der Waals surface area (Å²) in [5, 5.41) is 10.4. The molecule has 30 heavy (non-hydrogen) atoms. The van der Waals surface area contributed by atoms with Gasteiger partial charge in [-0.3, -0.25) is 19.4 Å². The number of hydrogen-bond donors (Lipinski definition) is 1. The van der Waals surface area contributed by atoms with E-state index in [1.54, 1.807) is 0 Å². The molecule has 0 bridgehead atoms. The van der Waals surface area contributed by atoms with E-state index in [1.807, 2.05) is 0 Å². The van der Waals surface area contributed by atoms with Gasteiger partial charge in [0.05, 0.1) is 16.4 Å². The van der Waals surface area contributed by atoms with Crippen LogP contribution in [0.25, 0.3) is 0 Å². The van der Waals surface area contributed by atoms with Crippen LogP contribution in [-0.4, -0.2) is 41.4 Å². The predicted molar refractivity (Wildman–Crippen MR) is 98.0 cm³/mol. The number of nitrogens with one attached hydrogen (secondary N) is 1. The lowest BCUT2D eigenvalue weighted by Crippen LogP contribution is -2.43. The van der Waals surface area contributed by atoms with Gasteiger partial charge in [0.2, 0.25) is 5.91 Å². The van der Waals surface area contributed by atoms with Crippen molar-refractivity contribution in [2.24, 2.45) is 10.3 Å². The fraction of sp³-hybridized carbons (Fsp3) is 0.167. The molecular weight excluding hydrogens is 427 g/mol. The van der Waals surface area contributed by atoms with Crippen LogP contribution in [0.1, 0.15) is 0 Å². The van der Waals surface area contributed by atoms with E-state index >= 15 is 0 Å². The number of anilines is 2. The second kappa shape index (κ2) is 7.41. The Bertz CT molecular complexity index is 1110. The zero-order valence-electron chi connectivity index (χ0n) is 14.9. The van der Waals surface area contributed by atoms with Crippen LogP contribution in [0.2, 0.25) is 5.02 Å². The van der Waals surface area contributed by atoms with E-state index in [2.05, 4.69) is 15.7 Å². The van der Waals surface area contributed by atoms with Crippen molar-refractivity contribution in [1.82, 2.24) is 5.01 Å². The largest absolute Gasteiger partial charge is 0.322 e. The van der Waals surface area contributed by atoms with Gasteiger partial charge in [-0.25, -0.2) is 18.1 Å². The molecule has 2 aromatic carbocycles. The van der Waals surface area contributed by atoms with Crippen LogP contribution in [-0.2, 0) is 14.4 Å². The molecule has 2 heterocycles. The lowest BCUT2D eigenvalue weighted by atomic mass is 10.1. The van der Waals surface area contributed by atoms with Crippen LogP contribution in [0.4, 0.5) is 24.5 Å². The Hall–Kier alpha value is -3.47. The van der Waals surface area contributed by atoms with Crippen molar-refractivity contribution >= 4 is 40.7 Å².